The van der Waals surface area contributed by atoms with Crippen LogP contribution in [0.25, 0.3) is 21.0 Å². The van der Waals surface area contributed by atoms with Gasteiger partial charge in [0.1, 0.15) is 12.4 Å². The van der Waals surface area contributed by atoms with Crippen molar-refractivity contribution in [1.29, 1.82) is 5.53 Å². The fourth-order valence-electron chi connectivity index (χ4n) is 3.45. The number of carbonyl (C=O) groups excluding carboxylic acids is 2. The van der Waals surface area contributed by atoms with Gasteiger partial charge in [-0.05, 0) is 35.7 Å². The number of esters is 1. The zero-order chi connectivity index (χ0) is 24.1. The minimum atomic E-state index is -0.523. The highest BCUT2D eigenvalue weighted by atomic mass is 32.1. The lowest BCUT2D eigenvalue weighted by Gasteiger charge is -2.12. The molecule has 0 bridgehead atoms. The zero-order valence-corrected chi connectivity index (χ0v) is 19.2. The second-order valence-corrected chi connectivity index (χ2v) is 8.04. The number of thiophene rings is 1. The van der Waals surface area contributed by atoms with Crippen molar-refractivity contribution in [2.45, 2.75) is 0 Å². The normalized spacial score (nSPS) is 11.3. The summed E-state index contributed by atoms with van der Waals surface area (Å²) in [5, 5.41) is 19.7. The fraction of sp³-hybridized carbons (Fsp3) is 0.130. The average Bonchev–Trinajstić information content (AvgIpc) is 3.36. The maximum atomic E-state index is 12.4. The molecule has 10 nitrogen and oxygen atoms in total. The van der Waals surface area contributed by atoms with E-state index < -0.39 is 5.97 Å². The lowest BCUT2D eigenvalue weighted by atomic mass is 10.1. The molecule has 0 aliphatic carbocycles. The highest BCUT2D eigenvalue weighted by Gasteiger charge is 2.13. The largest absolute Gasteiger partial charge is 0.468 e. The third kappa shape index (κ3) is 4.69. The third-order valence-corrected chi connectivity index (χ3v) is 6.01. The first kappa shape index (κ1) is 22.8. The van der Waals surface area contributed by atoms with E-state index in [1.807, 2.05) is 35.7 Å². The van der Waals surface area contributed by atoms with E-state index in [0.29, 0.717) is 22.9 Å². The second-order valence-electron chi connectivity index (χ2n) is 7.12. The molecule has 34 heavy (non-hydrogen) atoms. The molecule has 0 spiro atoms. The van der Waals surface area contributed by atoms with Crippen molar-refractivity contribution >= 4 is 61.5 Å². The van der Waals surface area contributed by atoms with E-state index in [4.69, 9.17) is 10.5 Å². The van der Waals surface area contributed by atoms with Crippen molar-refractivity contribution in [1.82, 2.24) is 15.6 Å². The van der Waals surface area contributed by atoms with E-state index in [1.54, 1.807) is 36.6 Å². The summed E-state index contributed by atoms with van der Waals surface area (Å²) < 4.78 is 5.62. The smallest absolute Gasteiger partial charge is 0.325 e. The van der Waals surface area contributed by atoms with Gasteiger partial charge in [0.25, 0.3) is 5.91 Å². The highest BCUT2D eigenvalue weighted by Crippen LogP contribution is 2.35. The van der Waals surface area contributed by atoms with Crippen LogP contribution < -0.4 is 16.0 Å². The molecule has 0 aliphatic rings. The summed E-state index contributed by atoms with van der Waals surface area (Å²) in [5.41, 5.74) is 9.59. The molecule has 0 aliphatic heterocycles. The topological polar surface area (TPSA) is 141 Å². The van der Waals surface area contributed by atoms with Crippen molar-refractivity contribution in [2.24, 2.45) is 10.3 Å². The molecule has 2 heterocycles. The van der Waals surface area contributed by atoms with Gasteiger partial charge in [0.2, 0.25) is 0 Å². The standard InChI is InChI=1S/C23H21N7O3S/c1-25-21(29-30-24)13-6-7-16-18(11-13)28-22(17-8-9-34-20(16)17)27-15-5-3-4-14(10-15)23(32)26-12-19(31)33-2/h3-11H,12H2,1-2H3,(H,26,32)(H,27,28)(H2,24,25,29). The molecule has 4 rings (SSSR count). The Morgan fingerprint density at radius 2 is 1.97 bits per heavy atom. The van der Waals surface area contributed by atoms with Crippen molar-refractivity contribution in [2.75, 3.05) is 26.0 Å². The Morgan fingerprint density at radius 3 is 2.74 bits per heavy atom. The Bertz CT molecular complexity index is 1430. The van der Waals surface area contributed by atoms with E-state index in [-0.39, 0.29) is 12.5 Å². The van der Waals surface area contributed by atoms with Crippen LogP contribution >= 0.6 is 11.3 Å². The van der Waals surface area contributed by atoms with Gasteiger partial charge in [-0.2, -0.15) is 5.53 Å². The number of amides is 1. The number of carbonyl (C=O) groups is 2. The summed E-state index contributed by atoms with van der Waals surface area (Å²) >= 11 is 1.61. The predicted molar refractivity (Wildman–Crippen MR) is 132 cm³/mol. The van der Waals surface area contributed by atoms with Crippen LogP contribution in [0.1, 0.15) is 15.9 Å². The number of benzene rings is 2. The number of fused-ring (bicyclic) bond motifs is 3. The lowest BCUT2D eigenvalue weighted by Crippen LogP contribution is -2.30. The second kappa shape index (κ2) is 10.0. The highest BCUT2D eigenvalue weighted by molar-refractivity contribution is 7.18. The van der Waals surface area contributed by atoms with E-state index in [2.05, 4.69) is 31.0 Å². The molecule has 2 aromatic heterocycles. The summed E-state index contributed by atoms with van der Waals surface area (Å²) in [6, 6.07) is 14.7. The number of hydrogen-bond donors (Lipinski definition) is 4. The first-order valence-electron chi connectivity index (χ1n) is 10.2. The summed E-state index contributed by atoms with van der Waals surface area (Å²) in [6.45, 7) is -0.206. The number of ether oxygens (including phenoxy) is 1. The van der Waals surface area contributed by atoms with Gasteiger partial charge in [-0.15, -0.1) is 16.4 Å². The van der Waals surface area contributed by atoms with Crippen molar-refractivity contribution < 1.29 is 14.3 Å². The number of hydrogen-bond acceptors (Lipinski definition) is 8. The first-order valence-corrected chi connectivity index (χ1v) is 11.1. The number of amidine groups is 1. The van der Waals surface area contributed by atoms with Gasteiger partial charge >= 0.3 is 5.97 Å². The van der Waals surface area contributed by atoms with E-state index in [1.165, 1.54) is 7.11 Å². The summed E-state index contributed by atoms with van der Waals surface area (Å²) in [6.07, 6.45) is 0. The Morgan fingerprint density at radius 1 is 1.12 bits per heavy atom. The number of methoxy groups -OCH3 is 1. The summed E-state index contributed by atoms with van der Waals surface area (Å²) in [7, 11) is 2.98. The molecule has 4 N–H and O–H groups in total. The van der Waals surface area contributed by atoms with Gasteiger partial charge in [0.05, 0.1) is 12.6 Å². The van der Waals surface area contributed by atoms with Crippen molar-refractivity contribution in [3.8, 4) is 0 Å². The first-order chi connectivity index (χ1) is 16.5. The SMILES string of the molecule is CN/C(=N\N=N)c1ccc2c(c1)nc(Nc1cccc(C(=O)NCC(=O)OC)c1)c1ccsc12. The number of anilines is 2. The van der Waals surface area contributed by atoms with Gasteiger partial charge in [-0.25, -0.2) is 4.98 Å². The van der Waals surface area contributed by atoms with Gasteiger partial charge in [-0.3, -0.25) is 9.59 Å². The van der Waals surface area contributed by atoms with Crippen molar-refractivity contribution in [3.05, 3.63) is 65.0 Å². The van der Waals surface area contributed by atoms with E-state index in [0.717, 1.165) is 26.6 Å². The number of nitrogens with one attached hydrogen (secondary N) is 4. The number of pyridine rings is 1. The zero-order valence-electron chi connectivity index (χ0n) is 18.4. The van der Waals surface area contributed by atoms with Crippen LogP contribution in [0.5, 0.6) is 0 Å². The van der Waals surface area contributed by atoms with Crippen LogP contribution in [-0.2, 0) is 9.53 Å². The molecule has 0 unspecified atom stereocenters. The Labute approximate surface area is 198 Å². The maximum absolute atomic E-state index is 12.4. The molecule has 0 saturated carbocycles. The van der Waals surface area contributed by atoms with Crippen LogP contribution in [0.15, 0.2) is 64.2 Å². The molecule has 172 valence electrons. The van der Waals surface area contributed by atoms with Crippen LogP contribution in [0.2, 0.25) is 0 Å². The quantitative estimate of drug-likeness (QED) is 0.105. The molecule has 0 saturated heterocycles. The minimum Gasteiger partial charge on any atom is -0.468 e. The van der Waals surface area contributed by atoms with Crippen LogP contribution in [0.4, 0.5) is 11.5 Å². The molecule has 1 amide bonds. The molecule has 0 radical (unpaired) electrons. The molecular formula is C23H21N7O3S. The summed E-state index contributed by atoms with van der Waals surface area (Å²) in [4.78, 5) is 28.5. The maximum Gasteiger partial charge on any atom is 0.325 e. The Hall–Kier alpha value is -4.38. The molecule has 2 aromatic carbocycles. The number of nitrogens with zero attached hydrogens (tertiary/aromatic N) is 3. The third-order valence-electron chi connectivity index (χ3n) is 5.06. The fourth-order valence-corrected chi connectivity index (χ4v) is 4.38. The van der Waals surface area contributed by atoms with Gasteiger partial charge in [0.15, 0.2) is 5.84 Å². The minimum absolute atomic E-state index is 0.206. The molecule has 11 heteroatoms. The Kier molecular flexibility index (Phi) is 6.74. The van der Waals surface area contributed by atoms with E-state index in [9.17, 15) is 9.59 Å². The molecule has 4 aromatic rings. The lowest BCUT2D eigenvalue weighted by molar-refractivity contribution is -0.139. The summed E-state index contributed by atoms with van der Waals surface area (Å²) in [5.74, 6) is 0.195. The van der Waals surface area contributed by atoms with E-state index >= 15 is 0 Å². The number of aromatic nitrogens is 1. The number of rotatable bonds is 7. The van der Waals surface area contributed by atoms with Crippen LogP contribution in [0, 0.1) is 5.53 Å². The molecular weight excluding hydrogens is 454 g/mol. The van der Waals surface area contributed by atoms with Gasteiger partial charge < -0.3 is 20.7 Å². The Balaban J connectivity index is 1.69. The molecule has 0 fully saturated rings. The monoisotopic (exact) mass is 475 g/mol. The molecule has 0 atom stereocenters. The van der Waals surface area contributed by atoms with Crippen molar-refractivity contribution in [3.63, 3.8) is 0 Å². The predicted octanol–water partition coefficient (Wildman–Crippen LogP) is 4.01. The van der Waals surface area contributed by atoms with Gasteiger partial charge in [0, 0.05) is 39.3 Å². The average molecular weight is 476 g/mol. The van der Waals surface area contributed by atoms with Crippen LogP contribution in [-0.4, -0.2) is 43.4 Å². The van der Waals surface area contributed by atoms with Crippen LogP contribution in [0.3, 0.4) is 0 Å². The van der Waals surface area contributed by atoms with Gasteiger partial charge in [-0.1, -0.05) is 23.4 Å².